The van der Waals surface area contributed by atoms with Crippen LogP contribution < -0.4 is 11.1 Å². The summed E-state index contributed by atoms with van der Waals surface area (Å²) in [6.07, 6.45) is 0.922. The molecule has 0 fully saturated rings. The van der Waals surface area contributed by atoms with Gasteiger partial charge in [0.2, 0.25) is 0 Å². The van der Waals surface area contributed by atoms with Gasteiger partial charge >= 0.3 is 0 Å². The number of nitrogens with one attached hydrogen (secondary N) is 1. The van der Waals surface area contributed by atoms with Gasteiger partial charge in [0.05, 0.1) is 5.56 Å². The van der Waals surface area contributed by atoms with Crippen LogP contribution in [0.4, 0.5) is 0 Å². The molecule has 0 aliphatic rings. The Labute approximate surface area is 113 Å². The average molecular weight is 277 g/mol. The fraction of sp³-hybridized carbons (Fsp3) is 0.583. The summed E-state index contributed by atoms with van der Waals surface area (Å²) in [5.41, 5.74) is 7.45. The van der Waals surface area contributed by atoms with Crippen molar-refractivity contribution >= 4 is 29.7 Å². The molecule has 0 radical (unpaired) electrons. The Morgan fingerprint density at radius 2 is 2.12 bits per heavy atom. The van der Waals surface area contributed by atoms with Crippen LogP contribution in [0.1, 0.15) is 36.2 Å². The SMILES string of the molecule is Cc1cscc1C(=O)NC(CN)CC(C)C.Cl. The fourth-order valence-electron chi connectivity index (χ4n) is 1.64. The number of carbonyl (C=O) groups is 1. The predicted octanol–water partition coefficient (Wildman–Crippen LogP) is 2.58. The van der Waals surface area contributed by atoms with Gasteiger partial charge in [0.1, 0.15) is 0 Å². The van der Waals surface area contributed by atoms with Crippen LogP contribution in [0.5, 0.6) is 0 Å². The molecule has 0 aromatic carbocycles. The average Bonchev–Trinajstić information content (AvgIpc) is 2.62. The maximum Gasteiger partial charge on any atom is 0.252 e. The molecular weight excluding hydrogens is 256 g/mol. The highest BCUT2D eigenvalue weighted by Gasteiger charge is 2.15. The monoisotopic (exact) mass is 276 g/mol. The number of thiophene rings is 1. The van der Waals surface area contributed by atoms with Gasteiger partial charge in [-0.05, 0) is 30.2 Å². The van der Waals surface area contributed by atoms with Gasteiger partial charge in [-0.3, -0.25) is 4.79 Å². The predicted molar refractivity (Wildman–Crippen MR) is 76.1 cm³/mol. The van der Waals surface area contributed by atoms with Crippen molar-refractivity contribution in [3.8, 4) is 0 Å². The van der Waals surface area contributed by atoms with Gasteiger partial charge < -0.3 is 11.1 Å². The summed E-state index contributed by atoms with van der Waals surface area (Å²) in [6.45, 7) is 6.70. The molecule has 98 valence electrons. The van der Waals surface area contributed by atoms with Gasteiger partial charge in [-0.2, -0.15) is 11.3 Å². The van der Waals surface area contributed by atoms with Crippen molar-refractivity contribution < 1.29 is 4.79 Å². The summed E-state index contributed by atoms with van der Waals surface area (Å²) in [6, 6.07) is 0.0757. The van der Waals surface area contributed by atoms with E-state index in [1.165, 1.54) is 0 Å². The quantitative estimate of drug-likeness (QED) is 0.868. The smallest absolute Gasteiger partial charge is 0.252 e. The highest BCUT2D eigenvalue weighted by atomic mass is 35.5. The summed E-state index contributed by atoms with van der Waals surface area (Å²) >= 11 is 1.55. The van der Waals surface area contributed by atoms with Crippen molar-refractivity contribution in [2.75, 3.05) is 6.54 Å². The first-order valence-electron chi connectivity index (χ1n) is 5.58. The van der Waals surface area contributed by atoms with E-state index in [1.54, 1.807) is 11.3 Å². The van der Waals surface area contributed by atoms with Crippen LogP contribution in [-0.4, -0.2) is 18.5 Å². The van der Waals surface area contributed by atoms with Crippen LogP contribution in [0.2, 0.25) is 0 Å². The van der Waals surface area contributed by atoms with Gasteiger partial charge in [0.25, 0.3) is 5.91 Å². The summed E-state index contributed by atoms with van der Waals surface area (Å²) < 4.78 is 0. The second-order valence-electron chi connectivity index (χ2n) is 4.50. The molecular formula is C12H21ClN2OS. The van der Waals surface area contributed by atoms with Crippen LogP contribution in [-0.2, 0) is 0 Å². The van der Waals surface area contributed by atoms with E-state index < -0.39 is 0 Å². The van der Waals surface area contributed by atoms with Crippen molar-refractivity contribution in [1.29, 1.82) is 0 Å². The first-order chi connectivity index (χ1) is 7.54. The molecule has 5 heteroatoms. The summed E-state index contributed by atoms with van der Waals surface area (Å²) in [4.78, 5) is 11.9. The number of hydrogen-bond acceptors (Lipinski definition) is 3. The Morgan fingerprint density at radius 3 is 2.53 bits per heavy atom. The lowest BCUT2D eigenvalue weighted by atomic mass is 10.0. The largest absolute Gasteiger partial charge is 0.348 e. The summed E-state index contributed by atoms with van der Waals surface area (Å²) in [7, 11) is 0. The van der Waals surface area contributed by atoms with E-state index in [2.05, 4.69) is 19.2 Å². The Hall–Kier alpha value is -0.580. The lowest BCUT2D eigenvalue weighted by molar-refractivity contribution is 0.0933. The zero-order valence-electron chi connectivity index (χ0n) is 10.5. The van der Waals surface area contributed by atoms with E-state index in [4.69, 9.17) is 5.73 Å². The van der Waals surface area contributed by atoms with Gasteiger partial charge in [0, 0.05) is 18.0 Å². The van der Waals surface area contributed by atoms with Crippen molar-refractivity contribution in [3.05, 3.63) is 21.9 Å². The van der Waals surface area contributed by atoms with E-state index in [0.29, 0.717) is 12.5 Å². The molecule has 1 heterocycles. The molecule has 1 atom stereocenters. The summed E-state index contributed by atoms with van der Waals surface area (Å²) in [5.74, 6) is 0.535. The van der Waals surface area contributed by atoms with E-state index in [0.717, 1.165) is 17.5 Å². The normalized spacial score (nSPS) is 12.1. The van der Waals surface area contributed by atoms with Crippen molar-refractivity contribution in [1.82, 2.24) is 5.32 Å². The Bertz CT molecular complexity index is 352. The number of rotatable bonds is 5. The Kier molecular flexibility index (Phi) is 7.43. The van der Waals surface area contributed by atoms with E-state index in [-0.39, 0.29) is 24.4 Å². The van der Waals surface area contributed by atoms with Crippen molar-refractivity contribution in [3.63, 3.8) is 0 Å². The van der Waals surface area contributed by atoms with Crippen LogP contribution in [0.3, 0.4) is 0 Å². The van der Waals surface area contributed by atoms with E-state index in [1.807, 2.05) is 17.7 Å². The third kappa shape index (κ3) is 5.06. The number of aryl methyl sites for hydroxylation is 1. The lowest BCUT2D eigenvalue weighted by Gasteiger charge is -2.18. The first-order valence-corrected chi connectivity index (χ1v) is 6.52. The highest BCUT2D eigenvalue weighted by molar-refractivity contribution is 7.08. The molecule has 0 aliphatic heterocycles. The Morgan fingerprint density at radius 1 is 1.47 bits per heavy atom. The van der Waals surface area contributed by atoms with Crippen molar-refractivity contribution in [2.24, 2.45) is 11.7 Å². The second-order valence-corrected chi connectivity index (χ2v) is 5.25. The molecule has 0 aliphatic carbocycles. The number of halogens is 1. The zero-order valence-corrected chi connectivity index (χ0v) is 12.2. The standard InChI is InChI=1S/C12H20N2OS.ClH/c1-8(2)4-10(5-13)14-12(15)11-7-16-6-9(11)3;/h6-8,10H,4-5,13H2,1-3H3,(H,14,15);1H. The van der Waals surface area contributed by atoms with Crippen LogP contribution in [0.15, 0.2) is 10.8 Å². The lowest BCUT2D eigenvalue weighted by Crippen LogP contribution is -2.41. The van der Waals surface area contributed by atoms with Gasteiger partial charge in [-0.25, -0.2) is 0 Å². The number of nitrogens with two attached hydrogens (primary N) is 1. The Balaban J connectivity index is 0.00000256. The molecule has 0 saturated carbocycles. The molecule has 1 aromatic rings. The molecule has 3 nitrogen and oxygen atoms in total. The molecule has 1 unspecified atom stereocenters. The van der Waals surface area contributed by atoms with Crippen molar-refractivity contribution in [2.45, 2.75) is 33.2 Å². The molecule has 17 heavy (non-hydrogen) atoms. The molecule has 0 spiro atoms. The third-order valence-corrected chi connectivity index (χ3v) is 3.34. The minimum absolute atomic E-state index is 0. The molecule has 0 saturated heterocycles. The first kappa shape index (κ1) is 16.4. The van der Waals surface area contributed by atoms with Crippen LogP contribution in [0, 0.1) is 12.8 Å². The minimum Gasteiger partial charge on any atom is -0.348 e. The molecule has 0 bridgehead atoms. The third-order valence-electron chi connectivity index (χ3n) is 2.48. The number of hydrogen-bond donors (Lipinski definition) is 2. The number of carbonyl (C=O) groups excluding carboxylic acids is 1. The molecule has 3 N–H and O–H groups in total. The van der Waals surface area contributed by atoms with Crippen LogP contribution >= 0.6 is 23.7 Å². The summed E-state index contributed by atoms with van der Waals surface area (Å²) in [5, 5.41) is 6.85. The maximum atomic E-state index is 11.9. The van der Waals surface area contributed by atoms with E-state index in [9.17, 15) is 4.79 Å². The van der Waals surface area contributed by atoms with Gasteiger partial charge in [-0.15, -0.1) is 12.4 Å². The van der Waals surface area contributed by atoms with Gasteiger partial charge in [-0.1, -0.05) is 13.8 Å². The molecule has 1 rings (SSSR count). The topological polar surface area (TPSA) is 55.1 Å². The van der Waals surface area contributed by atoms with E-state index >= 15 is 0 Å². The number of amides is 1. The molecule has 1 amide bonds. The second kappa shape index (κ2) is 7.69. The molecule has 1 aromatic heterocycles. The zero-order chi connectivity index (χ0) is 12.1. The minimum atomic E-state index is -0.00477. The van der Waals surface area contributed by atoms with Crippen LogP contribution in [0.25, 0.3) is 0 Å². The maximum absolute atomic E-state index is 11.9. The van der Waals surface area contributed by atoms with Gasteiger partial charge in [0.15, 0.2) is 0 Å². The highest BCUT2D eigenvalue weighted by Crippen LogP contribution is 2.14. The fourth-order valence-corrected chi connectivity index (χ4v) is 2.47.